The van der Waals surface area contributed by atoms with Gasteiger partial charge >= 0.3 is 0 Å². The zero-order valence-corrected chi connectivity index (χ0v) is 10.1. The highest BCUT2D eigenvalue weighted by Gasteiger charge is 2.10. The molecule has 0 bridgehead atoms. The van der Waals surface area contributed by atoms with Gasteiger partial charge in [0.05, 0.1) is 13.2 Å². The summed E-state index contributed by atoms with van der Waals surface area (Å²) in [5.74, 6) is 1.49. The van der Waals surface area contributed by atoms with Gasteiger partial charge in [0.15, 0.2) is 11.5 Å². The van der Waals surface area contributed by atoms with E-state index in [4.69, 9.17) is 15.2 Å². The van der Waals surface area contributed by atoms with Gasteiger partial charge in [0.1, 0.15) is 0 Å². The maximum atomic E-state index is 5.65. The second kappa shape index (κ2) is 6.53. The second-order valence-corrected chi connectivity index (χ2v) is 3.32. The highest BCUT2D eigenvalue weighted by molar-refractivity contribution is 5.85. The molecule has 0 aliphatic carbocycles. The molecule has 86 valence electrons. The molecule has 1 aromatic carbocycles. The molecule has 0 radical (unpaired) electrons. The molecule has 1 rings (SSSR count). The first-order valence-corrected chi connectivity index (χ1v) is 4.71. The number of rotatable bonds is 4. The van der Waals surface area contributed by atoms with E-state index in [9.17, 15) is 0 Å². The molecule has 3 nitrogen and oxygen atoms in total. The number of nitrogens with two attached hydrogens (primary N) is 1. The Hall–Kier alpha value is -0.930. The lowest BCUT2D eigenvalue weighted by molar-refractivity contribution is 0.227. The van der Waals surface area contributed by atoms with Gasteiger partial charge in [-0.15, -0.1) is 12.4 Å². The monoisotopic (exact) mass is 231 g/mol. The molecule has 0 unspecified atom stereocenters. The van der Waals surface area contributed by atoms with Crippen LogP contribution in [0.3, 0.4) is 0 Å². The average molecular weight is 232 g/mol. The number of benzene rings is 1. The molecule has 4 heteroatoms. The van der Waals surface area contributed by atoms with Crippen molar-refractivity contribution in [2.45, 2.75) is 26.5 Å². The number of para-hydroxylation sites is 1. The fraction of sp³-hybridized carbons (Fsp3) is 0.455. The quantitative estimate of drug-likeness (QED) is 0.865. The molecule has 0 amide bonds. The van der Waals surface area contributed by atoms with Gasteiger partial charge in [-0.3, -0.25) is 0 Å². The Morgan fingerprint density at radius 1 is 1.33 bits per heavy atom. The molecule has 0 heterocycles. The molecule has 0 saturated heterocycles. The summed E-state index contributed by atoms with van der Waals surface area (Å²) in [4.78, 5) is 0. The van der Waals surface area contributed by atoms with Gasteiger partial charge in [0, 0.05) is 12.1 Å². The summed E-state index contributed by atoms with van der Waals surface area (Å²) in [5.41, 5.74) is 6.58. The van der Waals surface area contributed by atoms with Gasteiger partial charge in [0.25, 0.3) is 0 Å². The number of hydrogen-bond acceptors (Lipinski definition) is 3. The Morgan fingerprint density at radius 3 is 2.47 bits per heavy atom. The molecule has 0 aliphatic heterocycles. The molecule has 1 aromatic rings. The molecule has 0 spiro atoms. The lowest BCUT2D eigenvalue weighted by atomic mass is 10.2. The maximum absolute atomic E-state index is 5.65. The lowest BCUT2D eigenvalue weighted by Crippen LogP contribution is -2.10. The van der Waals surface area contributed by atoms with Crippen LogP contribution in [-0.2, 0) is 6.54 Å². The van der Waals surface area contributed by atoms with Crippen molar-refractivity contribution in [2.75, 3.05) is 7.11 Å². The molecule has 15 heavy (non-hydrogen) atoms. The standard InChI is InChI=1S/C11H17NO2.ClH/c1-8(2)14-11-9(7-12)5-4-6-10(11)13-3;/h4-6,8H,7,12H2,1-3H3;1H. The number of halogens is 1. The summed E-state index contributed by atoms with van der Waals surface area (Å²) in [6.07, 6.45) is 0.122. The third-order valence-corrected chi connectivity index (χ3v) is 1.85. The van der Waals surface area contributed by atoms with Gasteiger partial charge in [0.2, 0.25) is 0 Å². The van der Waals surface area contributed by atoms with Crippen LogP contribution in [-0.4, -0.2) is 13.2 Å². The number of hydrogen-bond donors (Lipinski definition) is 1. The fourth-order valence-corrected chi connectivity index (χ4v) is 1.25. The van der Waals surface area contributed by atoms with Crippen LogP contribution in [0.4, 0.5) is 0 Å². The Labute approximate surface area is 97.0 Å². The minimum Gasteiger partial charge on any atom is -0.493 e. The van der Waals surface area contributed by atoms with Crippen LogP contribution in [0, 0.1) is 0 Å². The maximum Gasteiger partial charge on any atom is 0.166 e. The van der Waals surface area contributed by atoms with E-state index in [0.717, 1.165) is 17.1 Å². The summed E-state index contributed by atoms with van der Waals surface area (Å²) in [5, 5.41) is 0. The summed E-state index contributed by atoms with van der Waals surface area (Å²) in [6, 6.07) is 5.73. The van der Waals surface area contributed by atoms with Crippen LogP contribution in [0.25, 0.3) is 0 Å². The predicted octanol–water partition coefficient (Wildman–Crippen LogP) is 2.36. The molecule has 0 aromatic heterocycles. The molecule has 0 fully saturated rings. The average Bonchev–Trinajstić information content (AvgIpc) is 2.17. The van der Waals surface area contributed by atoms with Crippen molar-refractivity contribution in [1.29, 1.82) is 0 Å². The normalized spacial score (nSPS) is 9.67. The molecular formula is C11H18ClNO2. The predicted molar refractivity (Wildman–Crippen MR) is 63.9 cm³/mol. The first-order valence-electron chi connectivity index (χ1n) is 4.71. The van der Waals surface area contributed by atoms with Crippen molar-refractivity contribution in [3.63, 3.8) is 0 Å². The largest absolute Gasteiger partial charge is 0.493 e. The summed E-state index contributed by atoms with van der Waals surface area (Å²) in [7, 11) is 1.63. The lowest BCUT2D eigenvalue weighted by Gasteiger charge is -2.16. The van der Waals surface area contributed by atoms with E-state index in [0.29, 0.717) is 6.54 Å². The SMILES string of the molecule is COc1cccc(CN)c1OC(C)C.Cl. The van der Waals surface area contributed by atoms with Gasteiger partial charge in [-0.25, -0.2) is 0 Å². The zero-order valence-electron chi connectivity index (χ0n) is 9.32. The first kappa shape index (κ1) is 14.1. The zero-order chi connectivity index (χ0) is 10.6. The number of methoxy groups -OCH3 is 1. The van der Waals surface area contributed by atoms with Crippen molar-refractivity contribution in [3.8, 4) is 11.5 Å². The Bertz CT molecular complexity index is 280. The van der Waals surface area contributed by atoms with Crippen LogP contribution < -0.4 is 15.2 Å². The minimum absolute atomic E-state index is 0. The van der Waals surface area contributed by atoms with Crippen LogP contribution >= 0.6 is 12.4 Å². The summed E-state index contributed by atoms with van der Waals surface area (Å²) in [6.45, 7) is 4.42. The Balaban J connectivity index is 0.00000196. The van der Waals surface area contributed by atoms with E-state index < -0.39 is 0 Å². The molecule has 0 saturated carbocycles. The minimum atomic E-state index is 0. The van der Waals surface area contributed by atoms with Crippen LogP contribution in [0.1, 0.15) is 19.4 Å². The number of ether oxygens (including phenoxy) is 2. The highest BCUT2D eigenvalue weighted by Crippen LogP contribution is 2.31. The molecule has 0 atom stereocenters. The topological polar surface area (TPSA) is 44.5 Å². The van der Waals surface area contributed by atoms with Crippen molar-refractivity contribution in [2.24, 2.45) is 5.73 Å². The van der Waals surface area contributed by atoms with E-state index in [1.165, 1.54) is 0 Å². The Morgan fingerprint density at radius 2 is 2.00 bits per heavy atom. The van der Waals surface area contributed by atoms with Crippen molar-refractivity contribution in [3.05, 3.63) is 23.8 Å². The summed E-state index contributed by atoms with van der Waals surface area (Å²) >= 11 is 0. The molecular weight excluding hydrogens is 214 g/mol. The smallest absolute Gasteiger partial charge is 0.166 e. The Kier molecular flexibility index (Phi) is 6.13. The van der Waals surface area contributed by atoms with E-state index in [1.807, 2.05) is 32.0 Å². The van der Waals surface area contributed by atoms with Gasteiger partial charge < -0.3 is 15.2 Å². The van der Waals surface area contributed by atoms with Gasteiger partial charge in [-0.2, -0.15) is 0 Å². The second-order valence-electron chi connectivity index (χ2n) is 3.32. The third-order valence-electron chi connectivity index (χ3n) is 1.85. The first-order chi connectivity index (χ1) is 6.69. The van der Waals surface area contributed by atoms with Crippen LogP contribution in [0.5, 0.6) is 11.5 Å². The van der Waals surface area contributed by atoms with Crippen molar-refractivity contribution < 1.29 is 9.47 Å². The van der Waals surface area contributed by atoms with E-state index >= 15 is 0 Å². The molecule has 0 aliphatic rings. The summed E-state index contributed by atoms with van der Waals surface area (Å²) < 4.78 is 10.9. The van der Waals surface area contributed by atoms with Gasteiger partial charge in [-0.05, 0) is 19.9 Å². The van der Waals surface area contributed by atoms with Crippen molar-refractivity contribution in [1.82, 2.24) is 0 Å². The fourth-order valence-electron chi connectivity index (χ4n) is 1.25. The van der Waals surface area contributed by atoms with Crippen molar-refractivity contribution >= 4 is 12.4 Å². The van der Waals surface area contributed by atoms with E-state index in [-0.39, 0.29) is 18.5 Å². The van der Waals surface area contributed by atoms with Gasteiger partial charge in [-0.1, -0.05) is 12.1 Å². The third kappa shape index (κ3) is 3.61. The molecule has 2 N–H and O–H groups in total. The van der Waals surface area contributed by atoms with Crippen LogP contribution in [0.15, 0.2) is 18.2 Å². The van der Waals surface area contributed by atoms with Crippen LogP contribution in [0.2, 0.25) is 0 Å². The van der Waals surface area contributed by atoms with E-state index in [2.05, 4.69) is 0 Å². The highest BCUT2D eigenvalue weighted by atomic mass is 35.5. The van der Waals surface area contributed by atoms with E-state index in [1.54, 1.807) is 7.11 Å².